The molecule has 0 spiro atoms. The van der Waals surface area contributed by atoms with Gasteiger partial charge in [0.05, 0.1) is 6.10 Å². The van der Waals surface area contributed by atoms with Gasteiger partial charge in [-0.3, -0.25) is 14.0 Å². The summed E-state index contributed by atoms with van der Waals surface area (Å²) in [6.07, 6.45) is 1.82. The van der Waals surface area contributed by atoms with Gasteiger partial charge in [-0.05, 0) is 19.8 Å². The molecule has 1 fully saturated rings. The number of thiazole rings is 1. The zero-order valence-corrected chi connectivity index (χ0v) is 12.3. The smallest absolute Gasteiger partial charge is 0.275 e. The summed E-state index contributed by atoms with van der Waals surface area (Å²) in [6, 6.07) is 0. The average Bonchev–Trinajstić information content (AvgIpc) is 3.06. The lowest BCUT2D eigenvalue weighted by molar-refractivity contribution is 0.0853. The molecule has 0 radical (unpaired) electrons. The van der Waals surface area contributed by atoms with E-state index in [1.807, 2.05) is 0 Å². The maximum atomic E-state index is 12.3. The van der Waals surface area contributed by atoms with Crippen molar-refractivity contribution in [3.05, 3.63) is 27.0 Å². The van der Waals surface area contributed by atoms with Crippen LogP contribution in [0.5, 0.6) is 5.88 Å². The second-order valence-corrected chi connectivity index (χ2v) is 5.79. The fourth-order valence-corrected chi connectivity index (χ4v) is 3.22. The Kier molecular flexibility index (Phi) is 3.64. The second-order valence-electron chi connectivity index (χ2n) is 4.96. The summed E-state index contributed by atoms with van der Waals surface area (Å²) in [5.41, 5.74) is -0.200. The summed E-state index contributed by atoms with van der Waals surface area (Å²) in [5.74, 6) is -1.16. The van der Waals surface area contributed by atoms with E-state index < -0.39 is 17.3 Å². The number of nitrogens with zero attached hydrogens (tertiary/aromatic N) is 2. The number of nitrogens with one attached hydrogen (secondary N) is 1. The van der Waals surface area contributed by atoms with Crippen molar-refractivity contribution in [2.75, 3.05) is 13.2 Å². The summed E-state index contributed by atoms with van der Waals surface area (Å²) >= 11 is 1.24. The Hall–Kier alpha value is -1.93. The molecule has 0 aliphatic carbocycles. The van der Waals surface area contributed by atoms with Crippen LogP contribution in [0, 0.1) is 6.92 Å². The van der Waals surface area contributed by atoms with Crippen LogP contribution in [0.15, 0.2) is 10.2 Å². The van der Waals surface area contributed by atoms with Crippen molar-refractivity contribution in [2.45, 2.75) is 25.9 Å². The SMILES string of the molecule is Cc1csc2nc(O)c(C(=O)NC[C@H]3CCCO3)c(=O)n12. The molecule has 2 N–H and O–H groups in total. The molecule has 1 atom stereocenters. The van der Waals surface area contributed by atoms with Gasteiger partial charge in [-0.15, -0.1) is 11.3 Å². The van der Waals surface area contributed by atoms with Gasteiger partial charge in [0.15, 0.2) is 10.5 Å². The quantitative estimate of drug-likeness (QED) is 0.869. The molecule has 3 heterocycles. The third-order valence-electron chi connectivity index (χ3n) is 3.46. The van der Waals surface area contributed by atoms with Crippen molar-refractivity contribution in [3.63, 3.8) is 0 Å². The first-order chi connectivity index (χ1) is 10.1. The van der Waals surface area contributed by atoms with Crippen LogP contribution in [0.25, 0.3) is 4.96 Å². The Morgan fingerprint density at radius 3 is 3.19 bits per heavy atom. The number of aromatic nitrogens is 2. The summed E-state index contributed by atoms with van der Waals surface area (Å²) in [4.78, 5) is 28.8. The Balaban J connectivity index is 1.89. The van der Waals surface area contributed by atoms with Crippen LogP contribution in [0.1, 0.15) is 28.9 Å². The molecule has 21 heavy (non-hydrogen) atoms. The fourth-order valence-electron chi connectivity index (χ4n) is 2.37. The Labute approximate surface area is 124 Å². The minimum Gasteiger partial charge on any atom is -0.492 e. The molecule has 1 aliphatic rings. The lowest BCUT2D eigenvalue weighted by atomic mass is 10.2. The van der Waals surface area contributed by atoms with E-state index >= 15 is 0 Å². The van der Waals surface area contributed by atoms with E-state index in [0.29, 0.717) is 23.8 Å². The molecule has 112 valence electrons. The summed E-state index contributed by atoms with van der Waals surface area (Å²) in [6.45, 7) is 2.76. The number of carbonyl (C=O) groups excluding carboxylic acids is 1. The van der Waals surface area contributed by atoms with E-state index in [4.69, 9.17) is 4.74 Å². The maximum absolute atomic E-state index is 12.3. The zero-order valence-electron chi connectivity index (χ0n) is 11.5. The number of hydrogen-bond donors (Lipinski definition) is 2. The van der Waals surface area contributed by atoms with Gasteiger partial charge in [0.1, 0.15) is 0 Å². The van der Waals surface area contributed by atoms with Crippen LogP contribution in [-0.2, 0) is 4.74 Å². The van der Waals surface area contributed by atoms with Gasteiger partial charge in [-0.2, -0.15) is 4.98 Å². The largest absolute Gasteiger partial charge is 0.492 e. The van der Waals surface area contributed by atoms with E-state index in [2.05, 4.69) is 10.3 Å². The van der Waals surface area contributed by atoms with Gasteiger partial charge < -0.3 is 15.2 Å². The van der Waals surface area contributed by atoms with E-state index in [9.17, 15) is 14.7 Å². The Morgan fingerprint density at radius 1 is 1.67 bits per heavy atom. The normalized spacial score (nSPS) is 18.2. The number of aromatic hydroxyl groups is 1. The molecule has 0 unspecified atom stereocenters. The van der Waals surface area contributed by atoms with E-state index in [0.717, 1.165) is 12.8 Å². The highest BCUT2D eigenvalue weighted by Gasteiger charge is 2.23. The van der Waals surface area contributed by atoms with Gasteiger partial charge >= 0.3 is 0 Å². The molecular formula is C13H15N3O4S. The standard InChI is InChI=1S/C13H15N3O4S/c1-7-6-21-13-15-11(18)9(12(19)16(7)13)10(17)14-5-8-3-2-4-20-8/h6,8,18H,2-5H2,1H3,(H,14,17)/t8-/m1/s1. The van der Waals surface area contributed by atoms with Crippen molar-refractivity contribution >= 4 is 22.2 Å². The lowest BCUT2D eigenvalue weighted by Gasteiger charge is -2.11. The minimum absolute atomic E-state index is 0.0292. The molecular weight excluding hydrogens is 294 g/mol. The first-order valence-electron chi connectivity index (χ1n) is 6.67. The van der Waals surface area contributed by atoms with Crippen molar-refractivity contribution in [2.24, 2.45) is 0 Å². The molecule has 0 bridgehead atoms. The molecule has 2 aromatic rings. The van der Waals surface area contributed by atoms with Gasteiger partial charge in [0, 0.05) is 24.2 Å². The van der Waals surface area contributed by atoms with Gasteiger partial charge in [-0.1, -0.05) is 0 Å². The molecule has 0 aromatic carbocycles. The van der Waals surface area contributed by atoms with Crippen LogP contribution in [0.4, 0.5) is 0 Å². The average molecular weight is 309 g/mol. The first kappa shape index (κ1) is 14.0. The molecule has 3 rings (SSSR count). The van der Waals surface area contributed by atoms with Crippen molar-refractivity contribution in [3.8, 4) is 5.88 Å². The monoisotopic (exact) mass is 309 g/mol. The number of ether oxygens (including phenoxy) is 1. The molecule has 8 heteroatoms. The number of fused-ring (bicyclic) bond motifs is 1. The number of carbonyl (C=O) groups is 1. The van der Waals surface area contributed by atoms with Crippen molar-refractivity contribution < 1.29 is 14.6 Å². The van der Waals surface area contributed by atoms with Crippen LogP contribution in [0.3, 0.4) is 0 Å². The third kappa shape index (κ3) is 2.52. The first-order valence-corrected chi connectivity index (χ1v) is 7.55. The minimum atomic E-state index is -0.625. The highest BCUT2D eigenvalue weighted by molar-refractivity contribution is 7.15. The maximum Gasteiger partial charge on any atom is 0.275 e. The van der Waals surface area contributed by atoms with E-state index in [-0.39, 0.29) is 11.7 Å². The predicted molar refractivity (Wildman–Crippen MR) is 77.0 cm³/mol. The fraction of sp³-hybridized carbons (Fsp3) is 0.462. The molecule has 2 aromatic heterocycles. The van der Waals surface area contributed by atoms with Gasteiger partial charge in [-0.25, -0.2) is 0 Å². The highest BCUT2D eigenvalue weighted by Crippen LogP contribution is 2.17. The zero-order chi connectivity index (χ0) is 15.0. The molecule has 7 nitrogen and oxygen atoms in total. The number of hydrogen-bond acceptors (Lipinski definition) is 6. The van der Waals surface area contributed by atoms with Crippen molar-refractivity contribution in [1.82, 2.24) is 14.7 Å². The van der Waals surface area contributed by atoms with Crippen LogP contribution in [0.2, 0.25) is 0 Å². The van der Waals surface area contributed by atoms with Gasteiger partial charge in [0.25, 0.3) is 11.5 Å². The van der Waals surface area contributed by atoms with Gasteiger partial charge in [0.2, 0.25) is 5.88 Å². The number of rotatable bonds is 3. The topological polar surface area (TPSA) is 92.9 Å². The molecule has 0 saturated carbocycles. The lowest BCUT2D eigenvalue weighted by Crippen LogP contribution is -2.36. The Bertz CT molecular complexity index is 746. The third-order valence-corrected chi connectivity index (χ3v) is 4.41. The molecule has 1 amide bonds. The highest BCUT2D eigenvalue weighted by atomic mass is 32.1. The summed E-state index contributed by atoms with van der Waals surface area (Å²) in [5, 5.41) is 14.2. The van der Waals surface area contributed by atoms with E-state index in [1.165, 1.54) is 15.7 Å². The summed E-state index contributed by atoms with van der Waals surface area (Å²) in [7, 11) is 0. The number of amides is 1. The summed E-state index contributed by atoms with van der Waals surface area (Å²) < 4.78 is 6.73. The predicted octanol–water partition coefficient (Wildman–Crippen LogP) is 0.679. The van der Waals surface area contributed by atoms with Crippen LogP contribution < -0.4 is 10.9 Å². The van der Waals surface area contributed by atoms with Crippen LogP contribution >= 0.6 is 11.3 Å². The van der Waals surface area contributed by atoms with Crippen LogP contribution in [-0.4, -0.2) is 39.7 Å². The second kappa shape index (κ2) is 5.45. The number of aryl methyl sites for hydroxylation is 1. The molecule has 1 saturated heterocycles. The molecule has 1 aliphatic heterocycles. The Morgan fingerprint density at radius 2 is 2.48 bits per heavy atom. The van der Waals surface area contributed by atoms with E-state index in [1.54, 1.807) is 12.3 Å². The van der Waals surface area contributed by atoms with Crippen molar-refractivity contribution in [1.29, 1.82) is 0 Å².